The second-order valence-electron chi connectivity index (χ2n) is 6.54. The van der Waals surface area contributed by atoms with E-state index in [0.717, 1.165) is 5.56 Å². The molecule has 0 aromatic heterocycles. The molecule has 0 radical (unpaired) electrons. The molecule has 0 bridgehead atoms. The van der Waals surface area contributed by atoms with Crippen LogP contribution in [0.3, 0.4) is 0 Å². The fourth-order valence-electron chi connectivity index (χ4n) is 2.41. The molecule has 2 aromatic carbocycles. The van der Waals surface area contributed by atoms with E-state index in [1.165, 1.54) is 6.21 Å². The highest BCUT2D eigenvalue weighted by Crippen LogP contribution is 2.16. The summed E-state index contributed by atoms with van der Waals surface area (Å²) in [6.07, 6.45) is 1.93. The molecule has 9 nitrogen and oxygen atoms in total. The highest BCUT2D eigenvalue weighted by Gasteiger charge is 2.11. The van der Waals surface area contributed by atoms with Crippen molar-refractivity contribution in [3.8, 4) is 5.75 Å². The van der Waals surface area contributed by atoms with Crippen LogP contribution in [0.2, 0.25) is 0 Å². The number of carbonyl (C=O) groups excluding carboxylic acids is 3. The molecule has 3 amide bonds. The van der Waals surface area contributed by atoms with Crippen LogP contribution in [0.25, 0.3) is 0 Å². The molecule has 3 N–H and O–H groups in total. The van der Waals surface area contributed by atoms with Gasteiger partial charge >= 0.3 is 11.8 Å². The van der Waals surface area contributed by atoms with Gasteiger partial charge in [-0.3, -0.25) is 14.4 Å². The SMILES string of the molecule is COCCCNC(=O)C(=O)N/N=C\c1ccccc1OCC(=O)Nc1ccc(C)cc1. The summed E-state index contributed by atoms with van der Waals surface area (Å²) in [5.74, 6) is -1.58. The number of para-hydroxylation sites is 1. The third kappa shape index (κ3) is 8.67. The van der Waals surface area contributed by atoms with Crippen LogP contribution in [0.1, 0.15) is 17.5 Å². The zero-order valence-electron chi connectivity index (χ0n) is 17.5. The first-order chi connectivity index (χ1) is 15.0. The number of nitrogens with one attached hydrogen (secondary N) is 3. The van der Waals surface area contributed by atoms with Crippen LogP contribution >= 0.6 is 0 Å². The zero-order chi connectivity index (χ0) is 22.5. The first kappa shape index (κ1) is 23.6. The molecule has 0 atom stereocenters. The minimum atomic E-state index is -0.885. The number of aryl methyl sites for hydroxylation is 1. The number of carbonyl (C=O) groups is 3. The predicted octanol–water partition coefficient (Wildman–Crippen LogP) is 1.62. The average Bonchev–Trinajstić information content (AvgIpc) is 2.77. The lowest BCUT2D eigenvalue weighted by molar-refractivity contribution is -0.139. The molecule has 0 aliphatic rings. The summed E-state index contributed by atoms with van der Waals surface area (Å²) in [6, 6.07) is 14.3. The van der Waals surface area contributed by atoms with E-state index in [1.54, 1.807) is 31.4 Å². The molecule has 2 aromatic rings. The number of amides is 3. The van der Waals surface area contributed by atoms with Crippen LogP contribution in [0.15, 0.2) is 53.6 Å². The summed E-state index contributed by atoms with van der Waals surface area (Å²) in [6.45, 7) is 2.57. The van der Waals surface area contributed by atoms with E-state index in [9.17, 15) is 14.4 Å². The van der Waals surface area contributed by atoms with E-state index < -0.39 is 11.8 Å². The summed E-state index contributed by atoms with van der Waals surface area (Å²) in [4.78, 5) is 35.5. The maximum atomic E-state index is 12.1. The van der Waals surface area contributed by atoms with Gasteiger partial charge in [0.2, 0.25) is 0 Å². The van der Waals surface area contributed by atoms with Crippen molar-refractivity contribution in [2.75, 3.05) is 32.2 Å². The number of rotatable bonds is 10. The largest absolute Gasteiger partial charge is 0.483 e. The minimum absolute atomic E-state index is 0.199. The molecule has 0 heterocycles. The average molecular weight is 426 g/mol. The summed E-state index contributed by atoms with van der Waals surface area (Å²) in [5, 5.41) is 8.99. The quantitative estimate of drug-likeness (QED) is 0.231. The highest BCUT2D eigenvalue weighted by molar-refractivity contribution is 6.35. The summed E-state index contributed by atoms with van der Waals surface area (Å²) in [7, 11) is 1.56. The van der Waals surface area contributed by atoms with Crippen LogP contribution in [-0.2, 0) is 19.1 Å². The van der Waals surface area contributed by atoms with Gasteiger partial charge in [0, 0.05) is 31.5 Å². The molecule has 0 aliphatic carbocycles. The fourth-order valence-corrected chi connectivity index (χ4v) is 2.41. The van der Waals surface area contributed by atoms with Gasteiger partial charge in [-0.15, -0.1) is 0 Å². The molecule has 0 aliphatic heterocycles. The normalized spacial score (nSPS) is 10.5. The number of hydrogen-bond acceptors (Lipinski definition) is 6. The van der Waals surface area contributed by atoms with Crippen molar-refractivity contribution >= 4 is 29.6 Å². The van der Waals surface area contributed by atoms with Crippen molar-refractivity contribution in [3.63, 3.8) is 0 Å². The third-order valence-electron chi connectivity index (χ3n) is 4.00. The molecule has 2 rings (SSSR count). The van der Waals surface area contributed by atoms with E-state index in [2.05, 4.69) is 21.2 Å². The molecule has 31 heavy (non-hydrogen) atoms. The van der Waals surface area contributed by atoms with Crippen LogP contribution in [-0.4, -0.2) is 50.8 Å². The smallest absolute Gasteiger partial charge is 0.329 e. The number of ether oxygens (including phenoxy) is 2. The Kier molecular flexibility index (Phi) is 9.70. The lowest BCUT2D eigenvalue weighted by Gasteiger charge is -2.09. The Bertz CT molecular complexity index is 912. The Morgan fingerprint density at radius 2 is 1.77 bits per heavy atom. The van der Waals surface area contributed by atoms with Crippen molar-refractivity contribution in [1.82, 2.24) is 10.7 Å². The Labute approximate surface area is 180 Å². The van der Waals surface area contributed by atoms with Gasteiger partial charge in [-0.1, -0.05) is 29.8 Å². The molecule has 0 saturated heterocycles. The number of methoxy groups -OCH3 is 1. The Morgan fingerprint density at radius 3 is 2.52 bits per heavy atom. The van der Waals surface area contributed by atoms with E-state index in [0.29, 0.717) is 36.6 Å². The molecular formula is C22H26N4O5. The van der Waals surface area contributed by atoms with Gasteiger partial charge in [-0.2, -0.15) is 5.10 Å². The van der Waals surface area contributed by atoms with Crippen molar-refractivity contribution in [2.45, 2.75) is 13.3 Å². The highest BCUT2D eigenvalue weighted by atomic mass is 16.5. The first-order valence-electron chi connectivity index (χ1n) is 9.68. The Hall–Kier alpha value is -3.72. The number of nitrogens with zero attached hydrogens (tertiary/aromatic N) is 1. The Morgan fingerprint density at radius 1 is 1.03 bits per heavy atom. The zero-order valence-corrected chi connectivity index (χ0v) is 17.5. The Balaban J connectivity index is 1.84. The maximum Gasteiger partial charge on any atom is 0.329 e. The summed E-state index contributed by atoms with van der Waals surface area (Å²) in [5.41, 5.74) is 4.46. The van der Waals surface area contributed by atoms with Gasteiger partial charge < -0.3 is 20.1 Å². The fraction of sp³-hybridized carbons (Fsp3) is 0.273. The van der Waals surface area contributed by atoms with Crippen molar-refractivity contribution in [2.24, 2.45) is 5.10 Å². The number of hydrogen-bond donors (Lipinski definition) is 3. The minimum Gasteiger partial charge on any atom is -0.483 e. The standard InChI is InChI=1S/C22H26N4O5/c1-16-8-10-18(11-9-16)25-20(27)15-31-19-7-4-3-6-17(19)14-24-26-22(29)21(28)23-12-5-13-30-2/h3-4,6-11,14H,5,12-13,15H2,1-2H3,(H,23,28)(H,25,27)(H,26,29)/b24-14-. The summed E-state index contributed by atoms with van der Waals surface area (Å²) < 4.78 is 10.4. The van der Waals surface area contributed by atoms with Gasteiger partial charge in [0.25, 0.3) is 5.91 Å². The molecule has 0 spiro atoms. The first-order valence-corrected chi connectivity index (χ1v) is 9.68. The van der Waals surface area contributed by atoms with E-state index in [-0.39, 0.29) is 12.5 Å². The second-order valence-corrected chi connectivity index (χ2v) is 6.54. The van der Waals surface area contributed by atoms with Crippen LogP contribution in [0, 0.1) is 6.92 Å². The second kappa shape index (κ2) is 12.8. The predicted molar refractivity (Wildman–Crippen MR) is 117 cm³/mol. The number of benzene rings is 2. The molecular weight excluding hydrogens is 400 g/mol. The van der Waals surface area contributed by atoms with Crippen LogP contribution < -0.4 is 20.8 Å². The summed E-state index contributed by atoms with van der Waals surface area (Å²) >= 11 is 0. The number of hydrazone groups is 1. The van der Waals surface area contributed by atoms with Crippen LogP contribution in [0.5, 0.6) is 5.75 Å². The van der Waals surface area contributed by atoms with Crippen molar-refractivity contribution < 1.29 is 23.9 Å². The molecule has 0 fully saturated rings. The van der Waals surface area contributed by atoms with Crippen molar-refractivity contribution in [3.05, 3.63) is 59.7 Å². The van der Waals surface area contributed by atoms with Gasteiger partial charge in [0.15, 0.2) is 6.61 Å². The molecule has 0 unspecified atom stereocenters. The third-order valence-corrected chi connectivity index (χ3v) is 4.00. The number of anilines is 1. The van der Waals surface area contributed by atoms with E-state index >= 15 is 0 Å². The van der Waals surface area contributed by atoms with Crippen molar-refractivity contribution in [1.29, 1.82) is 0 Å². The molecule has 164 valence electrons. The van der Waals surface area contributed by atoms with E-state index in [4.69, 9.17) is 9.47 Å². The lowest BCUT2D eigenvalue weighted by atomic mass is 10.2. The van der Waals surface area contributed by atoms with Gasteiger partial charge in [-0.25, -0.2) is 5.43 Å². The monoisotopic (exact) mass is 426 g/mol. The van der Waals surface area contributed by atoms with Gasteiger partial charge in [0.1, 0.15) is 5.75 Å². The van der Waals surface area contributed by atoms with Crippen LogP contribution in [0.4, 0.5) is 5.69 Å². The lowest BCUT2D eigenvalue weighted by Crippen LogP contribution is -2.38. The molecule has 9 heteroatoms. The van der Waals surface area contributed by atoms with Gasteiger partial charge in [0.05, 0.1) is 6.21 Å². The topological polar surface area (TPSA) is 118 Å². The maximum absolute atomic E-state index is 12.1. The molecule has 0 saturated carbocycles. The van der Waals surface area contributed by atoms with E-state index in [1.807, 2.05) is 31.2 Å². The van der Waals surface area contributed by atoms with Gasteiger partial charge in [-0.05, 0) is 37.6 Å².